The first kappa shape index (κ1) is 18.8. The predicted molar refractivity (Wildman–Crippen MR) is 101 cm³/mol. The maximum absolute atomic E-state index is 12.0. The second-order valence-corrected chi connectivity index (χ2v) is 7.08. The molecule has 0 saturated heterocycles. The van der Waals surface area contributed by atoms with E-state index in [1.165, 1.54) is 7.11 Å². The Morgan fingerprint density at radius 2 is 1.88 bits per heavy atom. The standard InChI is InChI=1S/C18H21IO5/c1-9(2)14(8-20)10-5-13(18(22)24-4)17(21)12-6-15(19)16(23-3)7-11(10)12/h5-7,9,14,20-21H,8H2,1-4H3/t14-/m1/s1. The highest BCUT2D eigenvalue weighted by Gasteiger charge is 2.24. The number of aliphatic hydroxyl groups excluding tert-OH is 1. The van der Waals surface area contributed by atoms with Gasteiger partial charge in [-0.3, -0.25) is 0 Å². The zero-order chi connectivity index (χ0) is 18.0. The van der Waals surface area contributed by atoms with Gasteiger partial charge in [0.1, 0.15) is 17.1 Å². The lowest BCUT2D eigenvalue weighted by Gasteiger charge is -2.23. The third-order valence-corrected chi connectivity index (χ3v) is 5.06. The van der Waals surface area contributed by atoms with Gasteiger partial charge >= 0.3 is 5.97 Å². The van der Waals surface area contributed by atoms with Crippen LogP contribution in [0.15, 0.2) is 18.2 Å². The predicted octanol–water partition coefficient (Wildman–Crippen LogP) is 3.68. The number of esters is 1. The molecular formula is C18H21IO5. The topological polar surface area (TPSA) is 76.0 Å². The fourth-order valence-electron chi connectivity index (χ4n) is 2.83. The molecule has 0 bridgehead atoms. The Kier molecular flexibility index (Phi) is 5.92. The molecule has 0 heterocycles. The fourth-order valence-corrected chi connectivity index (χ4v) is 3.52. The average molecular weight is 444 g/mol. The van der Waals surface area contributed by atoms with Crippen molar-refractivity contribution in [2.75, 3.05) is 20.8 Å². The molecule has 2 N–H and O–H groups in total. The molecule has 2 aromatic rings. The van der Waals surface area contributed by atoms with Gasteiger partial charge in [0.25, 0.3) is 0 Å². The average Bonchev–Trinajstić information content (AvgIpc) is 2.56. The zero-order valence-electron chi connectivity index (χ0n) is 14.1. The van der Waals surface area contributed by atoms with Crippen molar-refractivity contribution in [3.05, 3.63) is 32.9 Å². The number of halogens is 1. The normalized spacial score (nSPS) is 12.5. The summed E-state index contributed by atoms with van der Waals surface area (Å²) in [5.41, 5.74) is 0.885. The molecule has 0 aliphatic carbocycles. The highest BCUT2D eigenvalue weighted by molar-refractivity contribution is 14.1. The number of phenols is 1. The lowest BCUT2D eigenvalue weighted by atomic mass is 9.84. The van der Waals surface area contributed by atoms with Crippen LogP contribution in [0.5, 0.6) is 11.5 Å². The Hall–Kier alpha value is -1.54. The second kappa shape index (κ2) is 7.57. The van der Waals surface area contributed by atoms with Crippen molar-refractivity contribution in [3.8, 4) is 11.5 Å². The van der Waals surface area contributed by atoms with Crippen molar-refractivity contribution in [2.45, 2.75) is 19.8 Å². The zero-order valence-corrected chi connectivity index (χ0v) is 16.2. The summed E-state index contributed by atoms with van der Waals surface area (Å²) < 4.78 is 11.0. The minimum Gasteiger partial charge on any atom is -0.506 e. The van der Waals surface area contributed by atoms with Gasteiger partial charge in [-0.25, -0.2) is 4.79 Å². The number of phenolic OH excluding ortho intramolecular Hbond substituents is 1. The molecule has 0 aromatic heterocycles. The molecule has 5 nitrogen and oxygen atoms in total. The number of aromatic hydroxyl groups is 1. The molecule has 0 aliphatic rings. The number of hydrogen-bond donors (Lipinski definition) is 2. The van der Waals surface area contributed by atoms with Crippen molar-refractivity contribution >= 4 is 39.3 Å². The molecule has 0 amide bonds. The molecule has 0 saturated carbocycles. The summed E-state index contributed by atoms with van der Waals surface area (Å²) in [4.78, 5) is 12.0. The van der Waals surface area contributed by atoms with E-state index in [1.807, 2.05) is 19.9 Å². The van der Waals surface area contributed by atoms with Crippen LogP contribution >= 0.6 is 22.6 Å². The van der Waals surface area contributed by atoms with Crippen LogP contribution in [0.2, 0.25) is 0 Å². The van der Waals surface area contributed by atoms with Crippen LogP contribution in [-0.2, 0) is 4.74 Å². The van der Waals surface area contributed by atoms with Crippen LogP contribution < -0.4 is 4.74 Å². The molecule has 0 unspecified atom stereocenters. The molecule has 24 heavy (non-hydrogen) atoms. The summed E-state index contributed by atoms with van der Waals surface area (Å²) in [6.07, 6.45) is 0. The van der Waals surface area contributed by atoms with E-state index >= 15 is 0 Å². The lowest BCUT2D eigenvalue weighted by Crippen LogP contribution is -2.13. The lowest BCUT2D eigenvalue weighted by molar-refractivity contribution is 0.0597. The largest absolute Gasteiger partial charge is 0.506 e. The summed E-state index contributed by atoms with van der Waals surface area (Å²) in [5, 5.41) is 21.7. The fraction of sp³-hybridized carbons (Fsp3) is 0.389. The summed E-state index contributed by atoms with van der Waals surface area (Å²) in [6.45, 7) is 3.94. The van der Waals surface area contributed by atoms with Crippen molar-refractivity contribution in [2.24, 2.45) is 5.92 Å². The number of rotatable bonds is 5. The van der Waals surface area contributed by atoms with Crippen molar-refractivity contribution < 1.29 is 24.5 Å². The van der Waals surface area contributed by atoms with E-state index in [1.54, 1.807) is 19.2 Å². The van der Waals surface area contributed by atoms with E-state index < -0.39 is 5.97 Å². The highest BCUT2D eigenvalue weighted by atomic mass is 127. The van der Waals surface area contributed by atoms with E-state index in [0.717, 1.165) is 14.5 Å². The number of hydrogen-bond acceptors (Lipinski definition) is 5. The Balaban J connectivity index is 2.91. The first-order chi connectivity index (χ1) is 11.3. The molecular weight excluding hydrogens is 423 g/mol. The Morgan fingerprint density at radius 1 is 1.21 bits per heavy atom. The van der Waals surface area contributed by atoms with Crippen molar-refractivity contribution in [3.63, 3.8) is 0 Å². The number of aliphatic hydroxyl groups is 1. The molecule has 130 valence electrons. The first-order valence-electron chi connectivity index (χ1n) is 7.57. The van der Waals surface area contributed by atoms with Gasteiger partial charge in [-0.05, 0) is 57.7 Å². The first-order valence-corrected chi connectivity index (χ1v) is 8.65. The van der Waals surface area contributed by atoms with E-state index in [9.17, 15) is 15.0 Å². The molecule has 0 aliphatic heterocycles. The number of ether oxygens (including phenoxy) is 2. The molecule has 0 spiro atoms. The van der Waals surface area contributed by atoms with Gasteiger partial charge in [0.15, 0.2) is 0 Å². The minimum absolute atomic E-state index is 0.0630. The molecule has 2 rings (SSSR count). The number of fused-ring (bicyclic) bond motifs is 1. The van der Waals surface area contributed by atoms with Gasteiger partial charge in [-0.1, -0.05) is 13.8 Å². The molecule has 0 radical (unpaired) electrons. The maximum atomic E-state index is 12.0. The van der Waals surface area contributed by atoms with Crippen LogP contribution in [-0.4, -0.2) is 37.0 Å². The minimum atomic E-state index is -0.609. The van der Waals surface area contributed by atoms with Crippen LogP contribution in [0.1, 0.15) is 35.7 Å². The number of carbonyl (C=O) groups is 1. The van der Waals surface area contributed by atoms with Gasteiger partial charge in [0.2, 0.25) is 0 Å². The molecule has 1 atom stereocenters. The quantitative estimate of drug-likeness (QED) is 0.544. The Labute approximate surface area is 154 Å². The number of methoxy groups -OCH3 is 2. The summed E-state index contributed by atoms with van der Waals surface area (Å²) in [5.74, 6) is -0.0849. The summed E-state index contributed by atoms with van der Waals surface area (Å²) >= 11 is 2.11. The van der Waals surface area contributed by atoms with Gasteiger partial charge in [-0.15, -0.1) is 0 Å². The van der Waals surface area contributed by atoms with Crippen LogP contribution in [0.4, 0.5) is 0 Å². The SMILES string of the molecule is COC(=O)c1cc([C@H](CO)C(C)C)c2cc(OC)c(I)cc2c1O. The van der Waals surface area contributed by atoms with Crippen LogP contribution in [0.25, 0.3) is 10.8 Å². The van der Waals surface area contributed by atoms with E-state index in [2.05, 4.69) is 22.6 Å². The second-order valence-electron chi connectivity index (χ2n) is 5.92. The third kappa shape index (κ3) is 3.30. The van der Waals surface area contributed by atoms with Gasteiger partial charge in [0.05, 0.1) is 24.4 Å². The number of carbonyl (C=O) groups excluding carboxylic acids is 1. The molecule has 2 aromatic carbocycles. The summed E-state index contributed by atoms with van der Waals surface area (Å²) in [7, 11) is 2.85. The number of benzene rings is 2. The molecule has 0 fully saturated rings. The van der Waals surface area contributed by atoms with Crippen molar-refractivity contribution in [1.82, 2.24) is 0 Å². The van der Waals surface area contributed by atoms with Gasteiger partial charge in [0, 0.05) is 11.3 Å². The third-order valence-electron chi connectivity index (χ3n) is 4.22. The van der Waals surface area contributed by atoms with Gasteiger partial charge in [-0.2, -0.15) is 0 Å². The van der Waals surface area contributed by atoms with Crippen molar-refractivity contribution in [1.29, 1.82) is 0 Å². The smallest absolute Gasteiger partial charge is 0.341 e. The van der Waals surface area contributed by atoms with E-state index in [0.29, 0.717) is 11.1 Å². The van der Waals surface area contributed by atoms with E-state index in [4.69, 9.17) is 9.47 Å². The maximum Gasteiger partial charge on any atom is 0.341 e. The Bertz CT molecular complexity index is 770. The molecule has 6 heteroatoms. The van der Waals surface area contributed by atoms with Crippen LogP contribution in [0.3, 0.4) is 0 Å². The monoisotopic (exact) mass is 444 g/mol. The van der Waals surface area contributed by atoms with E-state index in [-0.39, 0.29) is 29.8 Å². The van der Waals surface area contributed by atoms with Crippen LogP contribution in [0, 0.1) is 9.49 Å². The van der Waals surface area contributed by atoms with Gasteiger partial charge < -0.3 is 19.7 Å². The Morgan fingerprint density at radius 3 is 2.38 bits per heavy atom. The summed E-state index contributed by atoms with van der Waals surface area (Å²) in [6, 6.07) is 5.21. The highest BCUT2D eigenvalue weighted by Crippen LogP contribution is 2.40.